The molecule has 1 unspecified atom stereocenters. The smallest absolute Gasteiger partial charge is 0.321 e. The van der Waals surface area contributed by atoms with Gasteiger partial charge in [-0.25, -0.2) is 4.79 Å². The quantitative estimate of drug-likeness (QED) is 0.446. The number of carbonyl (C=O) groups is 4. The summed E-state index contributed by atoms with van der Waals surface area (Å²) in [4.78, 5) is 48.5. The molecule has 0 heterocycles. The van der Waals surface area contributed by atoms with E-state index in [1.807, 2.05) is 6.92 Å². The molecule has 0 radical (unpaired) electrons. The lowest BCUT2D eigenvalue weighted by Gasteiger charge is -2.17. The van der Waals surface area contributed by atoms with Crippen molar-refractivity contribution in [3.05, 3.63) is 65.7 Å². The second-order valence-electron chi connectivity index (χ2n) is 6.64. The number of rotatable bonds is 10. The third-order valence-electron chi connectivity index (χ3n) is 4.26. The molecule has 0 aliphatic carbocycles. The molecular formula is C23H26N2O6. The third kappa shape index (κ3) is 7.58. The predicted octanol–water partition coefficient (Wildman–Crippen LogP) is 3.18. The Bertz CT molecular complexity index is 896. The van der Waals surface area contributed by atoms with Gasteiger partial charge in [-0.05, 0) is 30.7 Å². The second kappa shape index (κ2) is 12.1. The number of nitrogens with one attached hydrogen (secondary N) is 2. The van der Waals surface area contributed by atoms with Crippen LogP contribution in [0.2, 0.25) is 0 Å². The molecular weight excluding hydrogens is 400 g/mol. The highest BCUT2D eigenvalue weighted by Crippen LogP contribution is 2.19. The van der Waals surface area contributed by atoms with Crippen molar-refractivity contribution in [3.63, 3.8) is 0 Å². The van der Waals surface area contributed by atoms with Crippen molar-refractivity contribution in [1.82, 2.24) is 10.6 Å². The van der Waals surface area contributed by atoms with Crippen LogP contribution in [-0.2, 0) is 14.3 Å². The second-order valence-corrected chi connectivity index (χ2v) is 6.64. The van der Waals surface area contributed by atoms with Crippen LogP contribution < -0.4 is 15.4 Å². The van der Waals surface area contributed by atoms with Gasteiger partial charge in [0, 0.05) is 24.6 Å². The Morgan fingerprint density at radius 3 is 2.23 bits per heavy atom. The molecule has 2 aromatic carbocycles. The van der Waals surface area contributed by atoms with Crippen molar-refractivity contribution in [2.45, 2.75) is 32.3 Å². The maximum atomic E-state index is 12.4. The van der Waals surface area contributed by atoms with Gasteiger partial charge in [0.25, 0.3) is 5.91 Å². The van der Waals surface area contributed by atoms with Crippen LogP contribution in [0, 0.1) is 0 Å². The highest BCUT2D eigenvalue weighted by atomic mass is 16.5. The van der Waals surface area contributed by atoms with Crippen molar-refractivity contribution >= 4 is 23.7 Å². The summed E-state index contributed by atoms with van der Waals surface area (Å²) >= 11 is 0. The van der Waals surface area contributed by atoms with Gasteiger partial charge in [-0.3, -0.25) is 19.7 Å². The van der Waals surface area contributed by atoms with E-state index < -0.39 is 24.0 Å². The molecule has 164 valence electrons. The van der Waals surface area contributed by atoms with E-state index in [0.29, 0.717) is 23.5 Å². The SMILES string of the molecule is CCCOc1ccc(C(=O)CCC(=O)OC(C(=O)NC(=O)NC)c2ccccc2)cc1. The lowest BCUT2D eigenvalue weighted by molar-refractivity contribution is -0.156. The zero-order valence-corrected chi connectivity index (χ0v) is 17.6. The maximum Gasteiger partial charge on any atom is 0.321 e. The summed E-state index contributed by atoms with van der Waals surface area (Å²) in [5, 5.41) is 4.36. The summed E-state index contributed by atoms with van der Waals surface area (Å²) in [5.74, 6) is -1.07. The molecule has 31 heavy (non-hydrogen) atoms. The molecule has 8 nitrogen and oxygen atoms in total. The van der Waals surface area contributed by atoms with Crippen molar-refractivity contribution in [2.24, 2.45) is 0 Å². The first-order valence-electron chi connectivity index (χ1n) is 9.97. The van der Waals surface area contributed by atoms with Crippen LogP contribution in [-0.4, -0.2) is 37.3 Å². The Hall–Kier alpha value is -3.68. The highest BCUT2D eigenvalue weighted by molar-refractivity contribution is 5.99. The minimum Gasteiger partial charge on any atom is -0.494 e. The molecule has 2 N–H and O–H groups in total. The Morgan fingerprint density at radius 2 is 1.61 bits per heavy atom. The molecule has 8 heteroatoms. The van der Waals surface area contributed by atoms with E-state index in [4.69, 9.17) is 9.47 Å². The van der Waals surface area contributed by atoms with E-state index in [1.54, 1.807) is 54.6 Å². The van der Waals surface area contributed by atoms with Crippen LogP contribution >= 0.6 is 0 Å². The van der Waals surface area contributed by atoms with Crippen LogP contribution in [0.25, 0.3) is 0 Å². The molecule has 2 rings (SSSR count). The monoisotopic (exact) mass is 426 g/mol. The average molecular weight is 426 g/mol. The number of benzene rings is 2. The van der Waals surface area contributed by atoms with E-state index in [2.05, 4.69) is 10.6 Å². The molecule has 2 aromatic rings. The Balaban J connectivity index is 1.96. The highest BCUT2D eigenvalue weighted by Gasteiger charge is 2.26. The number of imide groups is 1. The summed E-state index contributed by atoms with van der Waals surface area (Å²) < 4.78 is 10.8. The van der Waals surface area contributed by atoms with Crippen LogP contribution in [0.15, 0.2) is 54.6 Å². The van der Waals surface area contributed by atoms with Crippen molar-refractivity contribution in [1.29, 1.82) is 0 Å². The summed E-state index contributed by atoms with van der Waals surface area (Å²) in [7, 11) is 1.36. The Morgan fingerprint density at radius 1 is 0.935 bits per heavy atom. The fourth-order valence-electron chi connectivity index (χ4n) is 2.65. The number of amides is 3. The molecule has 0 aromatic heterocycles. The van der Waals surface area contributed by atoms with Gasteiger partial charge >= 0.3 is 12.0 Å². The average Bonchev–Trinajstić information content (AvgIpc) is 2.80. The van der Waals surface area contributed by atoms with Crippen molar-refractivity contribution in [3.8, 4) is 5.75 Å². The Labute approximate surface area is 180 Å². The number of esters is 1. The number of Topliss-reactive ketones (excluding diaryl/α,β-unsaturated/α-hetero) is 1. The van der Waals surface area contributed by atoms with Crippen LogP contribution in [0.5, 0.6) is 5.75 Å². The van der Waals surface area contributed by atoms with Gasteiger partial charge in [-0.1, -0.05) is 37.3 Å². The largest absolute Gasteiger partial charge is 0.494 e. The van der Waals surface area contributed by atoms with E-state index in [0.717, 1.165) is 6.42 Å². The number of urea groups is 1. The number of ketones is 1. The topological polar surface area (TPSA) is 111 Å². The lowest BCUT2D eigenvalue weighted by atomic mass is 10.1. The standard InChI is InChI=1S/C23H26N2O6/c1-3-15-30-18-11-9-16(10-12-18)19(26)13-14-20(27)31-21(17-7-5-4-6-8-17)22(28)25-23(29)24-2/h4-12,21H,3,13-15H2,1-2H3,(H2,24,25,28,29). The molecule has 0 saturated heterocycles. The fourth-order valence-corrected chi connectivity index (χ4v) is 2.65. The number of hydrogen-bond donors (Lipinski definition) is 2. The van der Waals surface area contributed by atoms with Gasteiger partial charge in [0.15, 0.2) is 5.78 Å². The summed E-state index contributed by atoms with van der Waals surface area (Å²) in [6, 6.07) is 14.3. The predicted molar refractivity (Wildman–Crippen MR) is 114 cm³/mol. The van der Waals surface area contributed by atoms with E-state index in [-0.39, 0.29) is 18.6 Å². The molecule has 0 saturated carbocycles. The molecule has 0 bridgehead atoms. The van der Waals surface area contributed by atoms with Gasteiger partial charge in [-0.2, -0.15) is 0 Å². The summed E-state index contributed by atoms with van der Waals surface area (Å²) in [6.07, 6.45) is -0.708. The first-order valence-corrected chi connectivity index (χ1v) is 9.97. The van der Waals surface area contributed by atoms with Crippen LogP contribution in [0.3, 0.4) is 0 Å². The van der Waals surface area contributed by atoms with Crippen molar-refractivity contribution < 1.29 is 28.7 Å². The molecule has 3 amide bonds. The normalized spacial score (nSPS) is 11.2. The summed E-state index contributed by atoms with van der Waals surface area (Å²) in [6.45, 7) is 2.59. The first kappa shape index (κ1) is 23.6. The van der Waals surface area contributed by atoms with E-state index in [1.165, 1.54) is 7.05 Å². The molecule has 0 fully saturated rings. The minimum atomic E-state index is -1.31. The van der Waals surface area contributed by atoms with Crippen LogP contribution in [0.1, 0.15) is 48.2 Å². The van der Waals surface area contributed by atoms with Crippen LogP contribution in [0.4, 0.5) is 4.79 Å². The summed E-state index contributed by atoms with van der Waals surface area (Å²) in [5.41, 5.74) is 0.861. The molecule has 0 spiro atoms. The van der Waals surface area contributed by atoms with Gasteiger partial charge in [-0.15, -0.1) is 0 Å². The van der Waals surface area contributed by atoms with E-state index in [9.17, 15) is 19.2 Å². The fraction of sp³-hybridized carbons (Fsp3) is 0.304. The number of carbonyl (C=O) groups excluding carboxylic acids is 4. The van der Waals surface area contributed by atoms with Gasteiger partial charge in [0.2, 0.25) is 6.10 Å². The number of ether oxygens (including phenoxy) is 2. The maximum absolute atomic E-state index is 12.4. The first-order chi connectivity index (χ1) is 14.9. The lowest BCUT2D eigenvalue weighted by Crippen LogP contribution is -2.41. The molecule has 0 aliphatic rings. The van der Waals surface area contributed by atoms with Crippen molar-refractivity contribution in [2.75, 3.05) is 13.7 Å². The zero-order valence-electron chi connectivity index (χ0n) is 17.6. The molecule has 1 atom stereocenters. The minimum absolute atomic E-state index is 0.0768. The zero-order chi connectivity index (χ0) is 22.6. The van der Waals surface area contributed by atoms with Gasteiger partial charge < -0.3 is 14.8 Å². The van der Waals surface area contributed by atoms with E-state index >= 15 is 0 Å². The molecule has 0 aliphatic heterocycles. The van der Waals surface area contributed by atoms with Gasteiger partial charge in [0.05, 0.1) is 13.0 Å². The Kier molecular flexibility index (Phi) is 9.22. The third-order valence-corrected chi connectivity index (χ3v) is 4.26. The number of hydrogen-bond acceptors (Lipinski definition) is 6. The van der Waals surface area contributed by atoms with Gasteiger partial charge in [0.1, 0.15) is 5.75 Å².